The third-order valence-corrected chi connectivity index (χ3v) is 1.78. The molecule has 0 atom stereocenters. The van der Waals surface area contributed by atoms with E-state index in [1.54, 1.807) is 0 Å². The number of anilines is 1. The van der Waals surface area contributed by atoms with Crippen molar-refractivity contribution in [1.29, 1.82) is 0 Å². The van der Waals surface area contributed by atoms with Gasteiger partial charge in [-0.1, -0.05) is 6.07 Å². The Morgan fingerprint density at radius 3 is 2.64 bits per heavy atom. The van der Waals surface area contributed by atoms with Crippen LogP contribution >= 0.6 is 0 Å². The average molecular weight is 150 g/mol. The molecule has 11 heavy (non-hydrogen) atoms. The molecule has 1 rings (SSSR count). The highest BCUT2D eigenvalue weighted by molar-refractivity contribution is 5.44. The minimum absolute atomic E-state index is 0.699. The zero-order chi connectivity index (χ0) is 8.27. The molecular weight excluding hydrogens is 136 g/mol. The number of nitrogens with two attached hydrogens (primary N) is 2. The Labute approximate surface area is 67.2 Å². The summed E-state index contributed by atoms with van der Waals surface area (Å²) in [6.45, 7) is 2.76. The third-order valence-electron chi connectivity index (χ3n) is 1.78. The van der Waals surface area contributed by atoms with Gasteiger partial charge in [0, 0.05) is 5.69 Å². The van der Waals surface area contributed by atoms with Crippen LogP contribution in [0.4, 0.5) is 5.69 Å². The molecule has 0 heterocycles. The predicted molar refractivity (Wildman–Crippen MR) is 48.3 cm³/mol. The summed E-state index contributed by atoms with van der Waals surface area (Å²) in [4.78, 5) is 0. The van der Waals surface area contributed by atoms with E-state index in [1.807, 2.05) is 18.2 Å². The first-order valence-electron chi connectivity index (χ1n) is 3.79. The first-order valence-corrected chi connectivity index (χ1v) is 3.79. The molecule has 1 aromatic rings. The van der Waals surface area contributed by atoms with E-state index in [9.17, 15) is 0 Å². The molecule has 0 bridgehead atoms. The molecule has 0 spiro atoms. The van der Waals surface area contributed by atoms with Crippen molar-refractivity contribution in [2.24, 2.45) is 5.73 Å². The van der Waals surface area contributed by atoms with Crippen LogP contribution in [0.1, 0.15) is 11.1 Å². The molecule has 0 radical (unpaired) electrons. The number of hydrogen-bond acceptors (Lipinski definition) is 2. The van der Waals surface area contributed by atoms with Gasteiger partial charge in [0.05, 0.1) is 0 Å². The van der Waals surface area contributed by atoms with E-state index in [0.717, 1.165) is 12.1 Å². The summed E-state index contributed by atoms with van der Waals surface area (Å²) in [7, 11) is 0. The van der Waals surface area contributed by atoms with E-state index < -0.39 is 0 Å². The second-order valence-electron chi connectivity index (χ2n) is 2.72. The quantitative estimate of drug-likeness (QED) is 0.620. The minimum Gasteiger partial charge on any atom is -0.399 e. The molecule has 4 N–H and O–H groups in total. The predicted octanol–water partition coefficient (Wildman–Crippen LogP) is 1.08. The Morgan fingerprint density at radius 2 is 2.09 bits per heavy atom. The molecule has 0 aromatic heterocycles. The van der Waals surface area contributed by atoms with Gasteiger partial charge in [-0.3, -0.25) is 0 Å². The van der Waals surface area contributed by atoms with Crippen molar-refractivity contribution in [1.82, 2.24) is 0 Å². The van der Waals surface area contributed by atoms with Crippen LogP contribution in [0.3, 0.4) is 0 Å². The van der Waals surface area contributed by atoms with Crippen LogP contribution in [0.5, 0.6) is 0 Å². The summed E-state index contributed by atoms with van der Waals surface area (Å²) in [6, 6.07) is 5.93. The molecule has 0 saturated heterocycles. The maximum Gasteiger partial charge on any atom is 0.0316 e. The SMILES string of the molecule is Cc1cc(N)ccc1CCN. The van der Waals surface area contributed by atoms with Gasteiger partial charge in [-0.2, -0.15) is 0 Å². The summed E-state index contributed by atoms with van der Waals surface area (Å²) >= 11 is 0. The molecule has 0 aliphatic heterocycles. The molecule has 2 nitrogen and oxygen atoms in total. The van der Waals surface area contributed by atoms with E-state index >= 15 is 0 Å². The molecular formula is C9H14N2. The lowest BCUT2D eigenvalue weighted by Crippen LogP contribution is -2.04. The largest absolute Gasteiger partial charge is 0.399 e. The molecule has 0 aliphatic carbocycles. The molecule has 0 aliphatic rings. The standard InChI is InChI=1S/C9H14N2/c1-7-6-9(11)3-2-8(7)4-5-10/h2-3,6H,4-5,10-11H2,1H3. The second-order valence-corrected chi connectivity index (χ2v) is 2.72. The molecule has 0 unspecified atom stereocenters. The minimum atomic E-state index is 0.699. The first-order chi connectivity index (χ1) is 5.24. The zero-order valence-electron chi connectivity index (χ0n) is 6.80. The Hall–Kier alpha value is -1.02. The topological polar surface area (TPSA) is 52.0 Å². The summed E-state index contributed by atoms with van der Waals surface area (Å²) in [6.07, 6.45) is 0.937. The van der Waals surface area contributed by atoms with E-state index in [2.05, 4.69) is 6.92 Å². The number of rotatable bonds is 2. The number of nitrogen functional groups attached to an aromatic ring is 1. The number of aryl methyl sites for hydroxylation is 1. The van der Waals surface area contributed by atoms with Crippen LogP contribution in [0.2, 0.25) is 0 Å². The van der Waals surface area contributed by atoms with Crippen molar-refractivity contribution < 1.29 is 0 Å². The highest BCUT2D eigenvalue weighted by Crippen LogP contribution is 2.12. The van der Waals surface area contributed by atoms with Gasteiger partial charge in [0.15, 0.2) is 0 Å². The average Bonchev–Trinajstić information content (AvgIpc) is 1.95. The first kappa shape index (κ1) is 8.08. The van der Waals surface area contributed by atoms with Crippen molar-refractivity contribution in [3.05, 3.63) is 29.3 Å². The van der Waals surface area contributed by atoms with Gasteiger partial charge >= 0.3 is 0 Å². The van der Waals surface area contributed by atoms with Gasteiger partial charge < -0.3 is 11.5 Å². The molecule has 1 aromatic carbocycles. The lowest BCUT2D eigenvalue weighted by molar-refractivity contribution is 0.958. The molecule has 0 fully saturated rings. The molecule has 2 heteroatoms. The fourth-order valence-electron chi connectivity index (χ4n) is 1.16. The van der Waals surface area contributed by atoms with Gasteiger partial charge in [-0.05, 0) is 43.1 Å². The fourth-order valence-corrected chi connectivity index (χ4v) is 1.16. The van der Waals surface area contributed by atoms with E-state index in [1.165, 1.54) is 11.1 Å². The Kier molecular flexibility index (Phi) is 2.49. The normalized spacial score (nSPS) is 10.0. The summed E-state index contributed by atoms with van der Waals surface area (Å²) in [5.41, 5.74) is 14.4. The van der Waals surface area contributed by atoms with Gasteiger partial charge in [0.1, 0.15) is 0 Å². The smallest absolute Gasteiger partial charge is 0.0316 e. The summed E-state index contributed by atoms with van der Waals surface area (Å²) < 4.78 is 0. The van der Waals surface area contributed by atoms with E-state index in [-0.39, 0.29) is 0 Å². The van der Waals surface area contributed by atoms with Gasteiger partial charge in [-0.15, -0.1) is 0 Å². The third kappa shape index (κ3) is 1.95. The highest BCUT2D eigenvalue weighted by Gasteiger charge is 1.95. The van der Waals surface area contributed by atoms with Crippen LogP contribution in [-0.2, 0) is 6.42 Å². The van der Waals surface area contributed by atoms with Crippen molar-refractivity contribution in [3.8, 4) is 0 Å². The van der Waals surface area contributed by atoms with Gasteiger partial charge in [0.25, 0.3) is 0 Å². The van der Waals surface area contributed by atoms with Crippen molar-refractivity contribution in [2.45, 2.75) is 13.3 Å². The van der Waals surface area contributed by atoms with Crippen LogP contribution in [-0.4, -0.2) is 6.54 Å². The second kappa shape index (κ2) is 3.39. The summed E-state index contributed by atoms with van der Waals surface area (Å²) in [5, 5.41) is 0. The maximum atomic E-state index is 5.59. The Bertz CT molecular complexity index is 243. The van der Waals surface area contributed by atoms with Gasteiger partial charge in [0.2, 0.25) is 0 Å². The van der Waals surface area contributed by atoms with Crippen molar-refractivity contribution >= 4 is 5.69 Å². The number of hydrogen-bond donors (Lipinski definition) is 2. The number of benzene rings is 1. The Balaban J connectivity index is 2.90. The lowest BCUT2D eigenvalue weighted by atomic mass is 10.1. The summed E-state index contributed by atoms with van der Waals surface area (Å²) in [5.74, 6) is 0. The molecule has 0 amide bonds. The van der Waals surface area contributed by atoms with Gasteiger partial charge in [-0.25, -0.2) is 0 Å². The van der Waals surface area contributed by atoms with Crippen LogP contribution in [0, 0.1) is 6.92 Å². The molecule has 0 saturated carbocycles. The zero-order valence-corrected chi connectivity index (χ0v) is 6.80. The van der Waals surface area contributed by atoms with E-state index in [0.29, 0.717) is 6.54 Å². The van der Waals surface area contributed by atoms with E-state index in [4.69, 9.17) is 11.5 Å². The van der Waals surface area contributed by atoms with Crippen LogP contribution in [0.25, 0.3) is 0 Å². The lowest BCUT2D eigenvalue weighted by Gasteiger charge is -2.03. The Morgan fingerprint density at radius 1 is 1.36 bits per heavy atom. The van der Waals surface area contributed by atoms with Crippen LogP contribution in [0.15, 0.2) is 18.2 Å². The highest BCUT2D eigenvalue weighted by atomic mass is 14.5. The fraction of sp³-hybridized carbons (Fsp3) is 0.333. The maximum absolute atomic E-state index is 5.59. The monoisotopic (exact) mass is 150 g/mol. The van der Waals surface area contributed by atoms with Crippen molar-refractivity contribution in [3.63, 3.8) is 0 Å². The van der Waals surface area contributed by atoms with Crippen LogP contribution < -0.4 is 11.5 Å². The molecule has 60 valence electrons. The van der Waals surface area contributed by atoms with Crippen molar-refractivity contribution in [2.75, 3.05) is 12.3 Å².